The minimum absolute atomic E-state index is 0.0376. The van der Waals surface area contributed by atoms with Gasteiger partial charge in [0.2, 0.25) is 0 Å². The molecule has 68 valence electrons. The molecule has 13 heavy (non-hydrogen) atoms. The van der Waals surface area contributed by atoms with Crippen molar-refractivity contribution in [3.05, 3.63) is 29.8 Å². The zero-order valence-corrected chi connectivity index (χ0v) is 7.80. The molecule has 0 aliphatic carbocycles. The van der Waals surface area contributed by atoms with Crippen molar-refractivity contribution in [2.75, 3.05) is 7.05 Å². The summed E-state index contributed by atoms with van der Waals surface area (Å²) in [5.74, 6) is 0.0376. The maximum absolute atomic E-state index is 11.6. The molecule has 5 heteroatoms. The number of hydrogen-bond donors (Lipinski definition) is 1. The van der Waals surface area contributed by atoms with E-state index in [1.54, 1.807) is 18.2 Å². The molecular weight excluding hydrogens is 188 g/mol. The Labute approximate surface area is 76.4 Å². The van der Waals surface area contributed by atoms with E-state index in [9.17, 15) is 8.42 Å². The van der Waals surface area contributed by atoms with E-state index in [-0.39, 0.29) is 10.7 Å². The molecule has 0 spiro atoms. The predicted octanol–water partition coefficient (Wildman–Crippen LogP) is 0.646. The first-order valence-corrected chi connectivity index (χ1v) is 5.16. The summed E-state index contributed by atoms with van der Waals surface area (Å²) < 4.78 is 24.1. The summed E-state index contributed by atoms with van der Waals surface area (Å²) in [5.41, 5.74) is 0.477. The van der Waals surface area contributed by atoms with Gasteiger partial charge in [-0.3, -0.25) is 9.71 Å². The van der Waals surface area contributed by atoms with Crippen molar-refractivity contribution in [2.45, 2.75) is 4.90 Å². The lowest BCUT2D eigenvalue weighted by Gasteiger charge is -2.08. The maximum atomic E-state index is 11.6. The first kappa shape index (κ1) is 8.25. The van der Waals surface area contributed by atoms with Gasteiger partial charge in [0.1, 0.15) is 5.84 Å². The molecule has 2 rings (SSSR count). The van der Waals surface area contributed by atoms with Crippen LogP contribution in [0.5, 0.6) is 0 Å². The molecule has 0 saturated heterocycles. The highest BCUT2D eigenvalue weighted by Gasteiger charge is 2.35. The molecule has 1 N–H and O–H groups in total. The van der Waals surface area contributed by atoms with Crippen LogP contribution in [0.4, 0.5) is 0 Å². The summed E-state index contributed by atoms with van der Waals surface area (Å²) in [6.45, 7) is 0. The van der Waals surface area contributed by atoms with Crippen LogP contribution >= 0.6 is 0 Å². The molecule has 0 atom stereocenters. The number of amidine groups is 1. The second-order valence-corrected chi connectivity index (χ2v) is 4.75. The molecule has 1 aliphatic rings. The van der Waals surface area contributed by atoms with Crippen LogP contribution in [-0.4, -0.2) is 25.6 Å². The Hall–Kier alpha value is -1.36. The van der Waals surface area contributed by atoms with E-state index >= 15 is 0 Å². The first-order chi connectivity index (χ1) is 6.05. The second-order valence-electron chi connectivity index (χ2n) is 2.82. The van der Waals surface area contributed by atoms with Crippen LogP contribution in [-0.2, 0) is 10.0 Å². The van der Waals surface area contributed by atoms with Gasteiger partial charge in [-0.25, -0.2) is 8.42 Å². The molecule has 1 aromatic rings. The number of nitrogens with zero attached hydrogens (tertiary/aromatic N) is 1. The molecule has 0 amide bonds. The average molecular weight is 196 g/mol. The molecule has 1 aromatic carbocycles. The number of benzene rings is 1. The van der Waals surface area contributed by atoms with Crippen LogP contribution in [0.15, 0.2) is 29.2 Å². The summed E-state index contributed by atoms with van der Waals surface area (Å²) in [7, 11) is -2.04. The standard InChI is InChI=1S/C8H8N2O2S/c1-10-8(9)6-4-2-3-5-7(6)13(10,11)12/h2-5,9H,1H3. The van der Waals surface area contributed by atoms with E-state index in [4.69, 9.17) is 5.41 Å². The molecule has 0 unspecified atom stereocenters. The van der Waals surface area contributed by atoms with Crippen molar-refractivity contribution in [3.63, 3.8) is 0 Å². The Kier molecular flexibility index (Phi) is 1.47. The summed E-state index contributed by atoms with van der Waals surface area (Å²) in [6.07, 6.45) is 0. The zero-order valence-electron chi connectivity index (χ0n) is 6.98. The molecule has 0 saturated carbocycles. The Morgan fingerprint density at radius 1 is 1.31 bits per heavy atom. The van der Waals surface area contributed by atoms with Crippen LogP contribution in [0.1, 0.15) is 5.56 Å². The van der Waals surface area contributed by atoms with Crippen molar-refractivity contribution >= 4 is 15.9 Å². The van der Waals surface area contributed by atoms with Gasteiger partial charge in [0, 0.05) is 12.6 Å². The van der Waals surface area contributed by atoms with Gasteiger partial charge in [-0.1, -0.05) is 12.1 Å². The Morgan fingerprint density at radius 3 is 2.54 bits per heavy atom. The third-order valence-corrected chi connectivity index (χ3v) is 3.91. The van der Waals surface area contributed by atoms with Gasteiger partial charge >= 0.3 is 0 Å². The number of fused-ring (bicyclic) bond motifs is 1. The van der Waals surface area contributed by atoms with Crippen molar-refractivity contribution in [3.8, 4) is 0 Å². The number of nitrogens with one attached hydrogen (secondary N) is 1. The molecule has 0 bridgehead atoms. The number of sulfonamides is 1. The highest BCUT2D eigenvalue weighted by atomic mass is 32.2. The highest BCUT2D eigenvalue weighted by Crippen LogP contribution is 2.27. The molecule has 0 aromatic heterocycles. The normalized spacial score (nSPS) is 18.8. The van der Waals surface area contributed by atoms with Gasteiger partial charge in [0.15, 0.2) is 0 Å². The van der Waals surface area contributed by atoms with Crippen LogP contribution in [0.3, 0.4) is 0 Å². The summed E-state index contributed by atoms with van der Waals surface area (Å²) in [5, 5.41) is 7.54. The van der Waals surface area contributed by atoms with Gasteiger partial charge in [-0.15, -0.1) is 0 Å². The first-order valence-electron chi connectivity index (χ1n) is 3.72. The van der Waals surface area contributed by atoms with Gasteiger partial charge in [-0.2, -0.15) is 0 Å². The van der Waals surface area contributed by atoms with Crippen molar-refractivity contribution in [2.24, 2.45) is 0 Å². The smallest absolute Gasteiger partial charge is 0.265 e. The van der Waals surface area contributed by atoms with Gasteiger partial charge in [-0.05, 0) is 12.1 Å². The molecule has 1 aliphatic heterocycles. The van der Waals surface area contributed by atoms with E-state index < -0.39 is 10.0 Å². The molecule has 0 fully saturated rings. The quantitative estimate of drug-likeness (QED) is 0.662. The number of hydrogen-bond acceptors (Lipinski definition) is 3. The van der Waals surface area contributed by atoms with Crippen LogP contribution in [0.2, 0.25) is 0 Å². The third kappa shape index (κ3) is 0.904. The van der Waals surface area contributed by atoms with Crippen LogP contribution in [0, 0.1) is 5.41 Å². The summed E-state index contributed by atoms with van der Waals surface area (Å²) in [6, 6.07) is 6.53. The van der Waals surface area contributed by atoms with Crippen molar-refractivity contribution < 1.29 is 8.42 Å². The van der Waals surface area contributed by atoms with Gasteiger partial charge in [0.25, 0.3) is 10.0 Å². The Bertz CT molecular complexity index is 479. The minimum atomic E-state index is -3.42. The maximum Gasteiger partial charge on any atom is 0.265 e. The molecule has 4 nitrogen and oxygen atoms in total. The average Bonchev–Trinajstić information content (AvgIpc) is 2.30. The predicted molar refractivity (Wildman–Crippen MR) is 48.2 cm³/mol. The summed E-state index contributed by atoms with van der Waals surface area (Å²) in [4.78, 5) is 0.225. The minimum Gasteiger partial charge on any atom is -0.283 e. The van der Waals surface area contributed by atoms with E-state index in [0.717, 1.165) is 4.31 Å². The SMILES string of the molecule is CN1C(=N)c2ccccc2S1(=O)=O. The lowest BCUT2D eigenvalue weighted by molar-refractivity contribution is 0.559. The van der Waals surface area contributed by atoms with E-state index in [2.05, 4.69) is 0 Å². The third-order valence-electron chi connectivity index (χ3n) is 2.10. The van der Waals surface area contributed by atoms with E-state index in [1.807, 2.05) is 0 Å². The lowest BCUT2D eigenvalue weighted by Crippen LogP contribution is -2.24. The van der Waals surface area contributed by atoms with Crippen molar-refractivity contribution in [1.82, 2.24) is 4.31 Å². The summed E-state index contributed by atoms with van der Waals surface area (Å²) >= 11 is 0. The Morgan fingerprint density at radius 2 is 1.92 bits per heavy atom. The zero-order chi connectivity index (χ0) is 9.64. The van der Waals surface area contributed by atoms with Gasteiger partial charge in [0.05, 0.1) is 4.90 Å². The highest BCUT2D eigenvalue weighted by molar-refractivity contribution is 7.90. The van der Waals surface area contributed by atoms with Crippen molar-refractivity contribution in [1.29, 1.82) is 5.41 Å². The second kappa shape index (κ2) is 2.32. The largest absolute Gasteiger partial charge is 0.283 e. The van der Waals surface area contributed by atoms with Gasteiger partial charge < -0.3 is 0 Å². The number of rotatable bonds is 0. The topological polar surface area (TPSA) is 61.2 Å². The monoisotopic (exact) mass is 196 g/mol. The fourth-order valence-corrected chi connectivity index (χ4v) is 2.65. The van der Waals surface area contributed by atoms with E-state index in [0.29, 0.717) is 5.56 Å². The van der Waals surface area contributed by atoms with E-state index in [1.165, 1.54) is 13.1 Å². The molecular formula is C8H8N2O2S. The fraction of sp³-hybridized carbons (Fsp3) is 0.125. The fourth-order valence-electron chi connectivity index (χ4n) is 1.32. The molecule has 0 radical (unpaired) electrons. The Balaban J connectivity index is 2.83. The lowest BCUT2D eigenvalue weighted by atomic mass is 10.2. The van der Waals surface area contributed by atoms with Crippen LogP contribution in [0.25, 0.3) is 0 Å². The molecule has 1 heterocycles. The van der Waals surface area contributed by atoms with Crippen LogP contribution < -0.4 is 0 Å².